The zero-order valence-corrected chi connectivity index (χ0v) is 41.9. The third-order valence-corrected chi connectivity index (χ3v) is 18.1. The van der Waals surface area contributed by atoms with Gasteiger partial charge in [-0.05, 0) is 146 Å². The highest BCUT2D eigenvalue weighted by molar-refractivity contribution is 6.18. The Bertz CT molecular complexity index is 4150. The molecule has 1 aromatic heterocycles. The van der Waals surface area contributed by atoms with Gasteiger partial charge in [-0.3, -0.25) is 0 Å². The van der Waals surface area contributed by atoms with Crippen LogP contribution in [0.15, 0.2) is 249 Å². The van der Waals surface area contributed by atoms with Crippen molar-refractivity contribution >= 4 is 44.4 Å². The van der Waals surface area contributed by atoms with Gasteiger partial charge in [0, 0.05) is 50.3 Å². The minimum atomic E-state index is -0.496. The lowest BCUT2D eigenvalue weighted by Crippen LogP contribution is -2.28. The number of hydrogen-bond donors (Lipinski definition) is 0. The van der Waals surface area contributed by atoms with Crippen LogP contribution in [0.25, 0.3) is 66.4 Å². The molecule has 0 saturated heterocycles. The van der Waals surface area contributed by atoms with Crippen molar-refractivity contribution in [3.8, 4) is 39.1 Å². The Hall–Kier alpha value is -8.72. The first-order chi connectivity index (χ1) is 37.2. The van der Waals surface area contributed by atoms with Gasteiger partial charge in [0.25, 0.3) is 0 Å². The second kappa shape index (κ2) is 16.4. The minimum Gasteiger partial charge on any atom is -0.310 e. The maximum atomic E-state index is 2.68. The second-order valence-corrected chi connectivity index (χ2v) is 21.7. The van der Waals surface area contributed by atoms with E-state index in [1.807, 2.05) is 0 Å². The van der Waals surface area contributed by atoms with Crippen LogP contribution >= 0.6 is 0 Å². The molecular formula is C73H54N2. The SMILES string of the molecule is C1=CC(c2cccc(N(c3ccccc3)c3ccc4c(c3)C(c3ccccc3)(c3ccccc3)c3ccccc3-4)c2)=CC(c2cc3c4c(c2)C2(CCCCC2)c2ccc5c6ccccc6n(c5c2-4)-c2ccccc2-3)C1. The summed E-state index contributed by atoms with van der Waals surface area (Å²) in [6, 6.07) is 87.2. The summed E-state index contributed by atoms with van der Waals surface area (Å²) in [5, 5.41) is 2.70. The lowest BCUT2D eigenvalue weighted by Gasteiger charge is -2.36. The molecule has 16 rings (SSSR count). The van der Waals surface area contributed by atoms with Gasteiger partial charge in [0.1, 0.15) is 0 Å². The molecule has 5 aliphatic rings. The minimum absolute atomic E-state index is 0.0178. The molecule has 0 amide bonds. The lowest BCUT2D eigenvalue weighted by molar-refractivity contribution is 0.352. The number of hydrogen-bond acceptors (Lipinski definition) is 1. The van der Waals surface area contributed by atoms with Crippen LogP contribution in [0.3, 0.4) is 0 Å². The highest BCUT2D eigenvalue weighted by Crippen LogP contribution is 2.63. The maximum absolute atomic E-state index is 2.68. The van der Waals surface area contributed by atoms with E-state index in [1.165, 1.54) is 132 Å². The fraction of sp³-hybridized carbons (Fsp3) is 0.123. The van der Waals surface area contributed by atoms with E-state index in [-0.39, 0.29) is 11.3 Å². The van der Waals surface area contributed by atoms with Gasteiger partial charge in [0.15, 0.2) is 0 Å². The number of allylic oxidation sites excluding steroid dienone is 4. The molecule has 1 aliphatic heterocycles. The molecule has 10 aromatic carbocycles. The van der Waals surface area contributed by atoms with Gasteiger partial charge in [0.2, 0.25) is 0 Å². The summed E-state index contributed by atoms with van der Waals surface area (Å²) in [6.45, 7) is 0. The standard InChI is InChI=1S/C73H54N2/c1-5-24-52(25-6-1)73(53-26-7-2-8-27-53)63-34-14-11-31-57(63)58-38-37-56(47-65(58)73)74(54-28-9-3-10-29-54)55-30-20-23-50(44-55)48-21-19-22-49(43-48)51-45-62-60-33-13-16-36-68(60)75-67-35-15-12-32-59(67)61-39-40-64-70(71(61)75)69(62)66(46-51)72(64)41-17-4-18-42-72/h1-3,5-16,19-21,23-40,43-47,49H,4,17-18,22,41-42H2. The molecule has 11 aromatic rings. The quantitative estimate of drug-likeness (QED) is 0.155. The van der Waals surface area contributed by atoms with Crippen LogP contribution in [-0.4, -0.2) is 4.57 Å². The Labute approximate surface area is 439 Å². The molecule has 2 nitrogen and oxygen atoms in total. The van der Waals surface area contributed by atoms with Gasteiger partial charge >= 0.3 is 0 Å². The third kappa shape index (κ3) is 6.03. The van der Waals surface area contributed by atoms with E-state index in [1.54, 1.807) is 11.1 Å². The molecule has 0 radical (unpaired) electrons. The second-order valence-electron chi connectivity index (χ2n) is 21.7. The molecule has 4 aliphatic carbocycles. The van der Waals surface area contributed by atoms with Crippen molar-refractivity contribution in [2.24, 2.45) is 0 Å². The fourth-order valence-corrected chi connectivity index (χ4v) is 15.0. The van der Waals surface area contributed by atoms with Gasteiger partial charge in [-0.15, -0.1) is 0 Å². The van der Waals surface area contributed by atoms with E-state index in [0.717, 1.165) is 23.5 Å². The first kappa shape index (κ1) is 42.8. The molecular weight excluding hydrogens is 905 g/mol. The molecule has 1 fully saturated rings. The van der Waals surface area contributed by atoms with Crippen molar-refractivity contribution in [2.45, 2.75) is 55.3 Å². The highest BCUT2D eigenvalue weighted by Gasteiger charge is 2.49. The predicted molar refractivity (Wildman–Crippen MR) is 312 cm³/mol. The van der Waals surface area contributed by atoms with Crippen molar-refractivity contribution in [1.82, 2.24) is 4.57 Å². The van der Waals surface area contributed by atoms with Gasteiger partial charge < -0.3 is 9.47 Å². The predicted octanol–water partition coefficient (Wildman–Crippen LogP) is 19.0. The Balaban J connectivity index is 0.842. The summed E-state index contributed by atoms with van der Waals surface area (Å²) >= 11 is 0. The molecule has 1 atom stereocenters. The van der Waals surface area contributed by atoms with Gasteiger partial charge in [-0.1, -0.05) is 213 Å². The highest BCUT2D eigenvalue weighted by atomic mass is 15.1. The number of para-hydroxylation sites is 3. The molecule has 356 valence electrons. The average Bonchev–Trinajstić information content (AvgIpc) is 4.09. The van der Waals surface area contributed by atoms with E-state index in [4.69, 9.17) is 0 Å². The van der Waals surface area contributed by atoms with Crippen LogP contribution in [0.2, 0.25) is 0 Å². The zero-order valence-electron chi connectivity index (χ0n) is 41.9. The Morgan fingerprint density at radius 1 is 0.440 bits per heavy atom. The van der Waals surface area contributed by atoms with Crippen LogP contribution in [0.5, 0.6) is 0 Å². The van der Waals surface area contributed by atoms with Crippen molar-refractivity contribution in [3.05, 3.63) is 293 Å². The summed E-state index contributed by atoms with van der Waals surface area (Å²) in [6.07, 6.45) is 14.6. The number of aromatic nitrogens is 1. The Kier molecular flexibility index (Phi) is 9.34. The van der Waals surface area contributed by atoms with E-state index >= 15 is 0 Å². The number of fused-ring (bicyclic) bond motifs is 11. The van der Waals surface area contributed by atoms with Gasteiger partial charge in [0.05, 0.1) is 22.1 Å². The van der Waals surface area contributed by atoms with Crippen molar-refractivity contribution in [1.29, 1.82) is 0 Å². The van der Waals surface area contributed by atoms with Crippen LogP contribution in [0.1, 0.15) is 89.0 Å². The lowest BCUT2D eigenvalue weighted by atomic mass is 9.67. The molecule has 2 heterocycles. The number of anilines is 3. The van der Waals surface area contributed by atoms with Crippen LogP contribution in [0, 0.1) is 0 Å². The monoisotopic (exact) mass is 958 g/mol. The largest absolute Gasteiger partial charge is 0.310 e. The van der Waals surface area contributed by atoms with Crippen molar-refractivity contribution < 1.29 is 0 Å². The number of rotatable bonds is 7. The normalized spacial score (nSPS) is 16.9. The smallest absolute Gasteiger partial charge is 0.0714 e. The van der Waals surface area contributed by atoms with E-state index in [2.05, 4.69) is 258 Å². The van der Waals surface area contributed by atoms with Crippen LogP contribution < -0.4 is 4.90 Å². The summed E-state index contributed by atoms with van der Waals surface area (Å²) < 4.78 is 2.61. The first-order valence-electron chi connectivity index (χ1n) is 27.2. The molecule has 0 N–H and O–H groups in total. The average molecular weight is 959 g/mol. The van der Waals surface area contributed by atoms with E-state index in [0.29, 0.717) is 0 Å². The van der Waals surface area contributed by atoms with Crippen molar-refractivity contribution in [2.75, 3.05) is 4.90 Å². The topological polar surface area (TPSA) is 8.17 Å². The van der Waals surface area contributed by atoms with Gasteiger partial charge in [-0.2, -0.15) is 0 Å². The Morgan fingerprint density at radius 3 is 1.93 bits per heavy atom. The van der Waals surface area contributed by atoms with Crippen molar-refractivity contribution in [3.63, 3.8) is 0 Å². The van der Waals surface area contributed by atoms with E-state index in [9.17, 15) is 0 Å². The zero-order chi connectivity index (χ0) is 49.2. The van der Waals surface area contributed by atoms with Gasteiger partial charge in [-0.25, -0.2) is 0 Å². The van der Waals surface area contributed by atoms with Crippen LogP contribution in [0.4, 0.5) is 17.1 Å². The molecule has 1 unspecified atom stereocenters. The fourth-order valence-electron chi connectivity index (χ4n) is 15.0. The first-order valence-corrected chi connectivity index (χ1v) is 27.2. The molecule has 1 spiro atoms. The molecule has 1 saturated carbocycles. The molecule has 75 heavy (non-hydrogen) atoms. The molecule has 2 heteroatoms. The summed E-state index contributed by atoms with van der Waals surface area (Å²) in [7, 11) is 0. The number of nitrogens with zero attached hydrogens (tertiary/aromatic N) is 2. The maximum Gasteiger partial charge on any atom is 0.0714 e. The van der Waals surface area contributed by atoms with Crippen LogP contribution in [-0.2, 0) is 10.8 Å². The third-order valence-electron chi connectivity index (χ3n) is 18.1. The molecule has 0 bridgehead atoms. The number of benzene rings is 10. The summed E-state index contributed by atoms with van der Waals surface area (Å²) in [5.41, 5.74) is 27.3. The summed E-state index contributed by atoms with van der Waals surface area (Å²) in [4.78, 5) is 2.46. The van der Waals surface area contributed by atoms with E-state index < -0.39 is 5.41 Å². The summed E-state index contributed by atoms with van der Waals surface area (Å²) in [5.74, 6) is 0.224. The Morgan fingerprint density at radius 2 is 1.12 bits per heavy atom.